The zero-order chi connectivity index (χ0) is 14.7. The summed E-state index contributed by atoms with van der Waals surface area (Å²) in [5.74, 6) is -0.999. The van der Waals surface area contributed by atoms with Crippen LogP contribution >= 0.6 is 11.8 Å². The first-order valence-corrected chi connectivity index (χ1v) is 6.68. The molecule has 1 heterocycles. The third-order valence-electron chi connectivity index (χ3n) is 2.69. The minimum atomic E-state index is -0.999. The van der Waals surface area contributed by atoms with Crippen LogP contribution in [0.1, 0.15) is 6.92 Å². The number of para-hydroxylation sites is 1. The van der Waals surface area contributed by atoms with E-state index in [1.807, 2.05) is 6.07 Å². The summed E-state index contributed by atoms with van der Waals surface area (Å²) in [6.07, 6.45) is 0. The second-order valence-electron chi connectivity index (χ2n) is 4.06. The van der Waals surface area contributed by atoms with Gasteiger partial charge in [-0.15, -0.1) is 0 Å². The Labute approximate surface area is 118 Å². The molecule has 0 fully saturated rings. The van der Waals surface area contributed by atoms with Gasteiger partial charge >= 0.3 is 5.97 Å². The van der Waals surface area contributed by atoms with Crippen molar-refractivity contribution in [3.63, 3.8) is 0 Å². The molecular formula is C13H11N3O3S. The molecule has 1 aromatic carbocycles. The van der Waals surface area contributed by atoms with E-state index in [-0.39, 0.29) is 17.3 Å². The van der Waals surface area contributed by atoms with Gasteiger partial charge < -0.3 is 5.11 Å². The zero-order valence-electron chi connectivity index (χ0n) is 10.6. The number of nitriles is 1. The van der Waals surface area contributed by atoms with E-state index in [9.17, 15) is 9.59 Å². The van der Waals surface area contributed by atoms with E-state index < -0.39 is 11.2 Å². The molecule has 0 aliphatic rings. The molecule has 102 valence electrons. The molecule has 0 saturated carbocycles. The zero-order valence-corrected chi connectivity index (χ0v) is 11.4. The lowest BCUT2D eigenvalue weighted by atomic mass is 10.2. The van der Waals surface area contributed by atoms with E-state index in [0.29, 0.717) is 10.9 Å². The summed E-state index contributed by atoms with van der Waals surface area (Å²) in [5, 5.41) is 17.7. The van der Waals surface area contributed by atoms with E-state index >= 15 is 0 Å². The van der Waals surface area contributed by atoms with Crippen LogP contribution < -0.4 is 5.56 Å². The normalized spacial score (nSPS) is 12.0. The van der Waals surface area contributed by atoms with Crippen molar-refractivity contribution in [3.8, 4) is 6.07 Å². The molecule has 2 aromatic rings. The van der Waals surface area contributed by atoms with Crippen LogP contribution in [0.5, 0.6) is 0 Å². The van der Waals surface area contributed by atoms with Gasteiger partial charge in [-0.1, -0.05) is 23.9 Å². The molecule has 1 unspecified atom stereocenters. The summed E-state index contributed by atoms with van der Waals surface area (Å²) in [5.41, 5.74) is 0.156. The summed E-state index contributed by atoms with van der Waals surface area (Å²) < 4.78 is 1.20. The van der Waals surface area contributed by atoms with Gasteiger partial charge in [0.15, 0.2) is 5.16 Å². The van der Waals surface area contributed by atoms with Gasteiger partial charge in [0.25, 0.3) is 5.56 Å². The Morgan fingerprint density at radius 2 is 2.25 bits per heavy atom. The first-order valence-electron chi connectivity index (χ1n) is 5.80. The summed E-state index contributed by atoms with van der Waals surface area (Å²) in [4.78, 5) is 27.5. The fourth-order valence-electron chi connectivity index (χ4n) is 1.66. The van der Waals surface area contributed by atoms with Gasteiger partial charge in [0.05, 0.1) is 17.0 Å². The smallest absolute Gasteiger partial charge is 0.316 e. The second-order valence-corrected chi connectivity index (χ2v) is 5.37. The number of hydrogen-bond acceptors (Lipinski definition) is 5. The first kappa shape index (κ1) is 14.1. The number of hydrogen-bond donors (Lipinski definition) is 1. The Morgan fingerprint density at radius 1 is 1.55 bits per heavy atom. The van der Waals surface area contributed by atoms with Crippen molar-refractivity contribution >= 4 is 28.6 Å². The SMILES string of the molecule is CC(Sc1nc2ccccc2c(=O)n1CC#N)C(=O)O. The minimum Gasteiger partial charge on any atom is -0.480 e. The fraction of sp³-hybridized carbons (Fsp3) is 0.231. The standard InChI is InChI=1S/C13H11N3O3S/c1-8(12(18)19)20-13-15-10-5-3-2-4-9(10)11(17)16(13)7-6-14/h2-5,8H,7H2,1H3,(H,18,19). The number of carbonyl (C=O) groups is 1. The van der Waals surface area contributed by atoms with Crippen molar-refractivity contribution in [1.29, 1.82) is 5.26 Å². The molecule has 0 spiro atoms. The van der Waals surface area contributed by atoms with Crippen LogP contribution in [-0.4, -0.2) is 25.9 Å². The number of carboxylic acids is 1. The van der Waals surface area contributed by atoms with E-state index in [2.05, 4.69) is 4.98 Å². The van der Waals surface area contributed by atoms with Crippen LogP contribution in [0.15, 0.2) is 34.2 Å². The lowest BCUT2D eigenvalue weighted by Gasteiger charge is -2.11. The molecule has 0 amide bonds. The lowest BCUT2D eigenvalue weighted by molar-refractivity contribution is -0.136. The summed E-state index contributed by atoms with van der Waals surface area (Å²) in [6.45, 7) is 1.34. The van der Waals surface area contributed by atoms with Crippen LogP contribution in [0.25, 0.3) is 10.9 Å². The van der Waals surface area contributed by atoms with Gasteiger partial charge in [-0.25, -0.2) is 4.98 Å². The van der Waals surface area contributed by atoms with E-state index in [1.165, 1.54) is 11.5 Å². The largest absolute Gasteiger partial charge is 0.480 e. The highest BCUT2D eigenvalue weighted by Crippen LogP contribution is 2.22. The number of fused-ring (bicyclic) bond motifs is 1. The van der Waals surface area contributed by atoms with Gasteiger partial charge in [0, 0.05) is 0 Å². The third-order valence-corrected chi connectivity index (χ3v) is 3.76. The van der Waals surface area contributed by atoms with E-state index in [1.54, 1.807) is 24.3 Å². The summed E-state index contributed by atoms with van der Waals surface area (Å²) in [7, 11) is 0. The number of aliphatic carboxylic acids is 1. The molecule has 1 aromatic heterocycles. The summed E-state index contributed by atoms with van der Waals surface area (Å²) >= 11 is 0.948. The molecule has 20 heavy (non-hydrogen) atoms. The highest BCUT2D eigenvalue weighted by atomic mass is 32.2. The molecule has 6 nitrogen and oxygen atoms in total. The van der Waals surface area contributed by atoms with Crippen molar-refractivity contribution in [1.82, 2.24) is 9.55 Å². The Morgan fingerprint density at radius 3 is 2.90 bits per heavy atom. The van der Waals surface area contributed by atoms with Crippen molar-refractivity contribution in [2.75, 3.05) is 0 Å². The number of rotatable bonds is 4. The maximum absolute atomic E-state index is 12.3. The van der Waals surface area contributed by atoms with Crippen LogP contribution in [-0.2, 0) is 11.3 Å². The molecule has 0 aliphatic carbocycles. The Balaban J connectivity index is 2.63. The molecule has 0 saturated heterocycles. The van der Waals surface area contributed by atoms with Gasteiger partial charge in [-0.2, -0.15) is 5.26 Å². The van der Waals surface area contributed by atoms with Crippen LogP contribution in [0.4, 0.5) is 0 Å². The van der Waals surface area contributed by atoms with Crippen LogP contribution in [0.3, 0.4) is 0 Å². The predicted octanol–water partition coefficient (Wildman–Crippen LogP) is 1.49. The highest BCUT2D eigenvalue weighted by molar-refractivity contribution is 8.00. The average Bonchev–Trinajstić information content (AvgIpc) is 2.43. The van der Waals surface area contributed by atoms with Gasteiger partial charge in [0.1, 0.15) is 11.8 Å². The van der Waals surface area contributed by atoms with Gasteiger partial charge in [0.2, 0.25) is 0 Å². The first-order chi connectivity index (χ1) is 9.54. The molecule has 0 bridgehead atoms. The number of aromatic nitrogens is 2. The van der Waals surface area contributed by atoms with Crippen molar-refractivity contribution < 1.29 is 9.90 Å². The van der Waals surface area contributed by atoms with Gasteiger partial charge in [-0.05, 0) is 19.1 Å². The topological polar surface area (TPSA) is 96.0 Å². The number of nitrogens with zero attached hydrogens (tertiary/aromatic N) is 3. The molecule has 2 rings (SSSR count). The molecule has 0 aliphatic heterocycles. The van der Waals surface area contributed by atoms with Crippen molar-refractivity contribution in [3.05, 3.63) is 34.6 Å². The van der Waals surface area contributed by atoms with Crippen molar-refractivity contribution in [2.24, 2.45) is 0 Å². The maximum Gasteiger partial charge on any atom is 0.316 e. The number of thioether (sulfide) groups is 1. The fourth-order valence-corrected chi connectivity index (χ4v) is 2.50. The molecule has 1 N–H and O–H groups in total. The highest BCUT2D eigenvalue weighted by Gasteiger charge is 2.18. The monoisotopic (exact) mass is 289 g/mol. The van der Waals surface area contributed by atoms with Gasteiger partial charge in [-0.3, -0.25) is 14.2 Å². The Bertz CT molecular complexity index is 764. The van der Waals surface area contributed by atoms with E-state index in [4.69, 9.17) is 10.4 Å². The molecule has 0 radical (unpaired) electrons. The summed E-state index contributed by atoms with van der Waals surface area (Å²) in [6, 6.07) is 8.68. The maximum atomic E-state index is 12.3. The molecule has 1 atom stereocenters. The van der Waals surface area contributed by atoms with Crippen LogP contribution in [0, 0.1) is 11.3 Å². The lowest BCUT2D eigenvalue weighted by Crippen LogP contribution is -2.24. The average molecular weight is 289 g/mol. The number of carboxylic acid groups (broad SMARTS) is 1. The Kier molecular flexibility index (Phi) is 4.05. The second kappa shape index (κ2) is 5.75. The molecular weight excluding hydrogens is 278 g/mol. The number of benzene rings is 1. The molecule has 7 heteroatoms. The van der Waals surface area contributed by atoms with Crippen LogP contribution in [0.2, 0.25) is 0 Å². The third kappa shape index (κ3) is 2.65. The minimum absolute atomic E-state index is 0.161. The quantitative estimate of drug-likeness (QED) is 0.676. The predicted molar refractivity (Wildman–Crippen MR) is 74.6 cm³/mol. The Hall–Kier alpha value is -2.33. The van der Waals surface area contributed by atoms with Crippen molar-refractivity contribution in [2.45, 2.75) is 23.9 Å². The van der Waals surface area contributed by atoms with E-state index in [0.717, 1.165) is 11.8 Å².